The molecule has 0 aromatic heterocycles. The minimum absolute atomic E-state index is 0.0686. The van der Waals surface area contributed by atoms with E-state index in [0.717, 1.165) is 25.1 Å². The molecule has 1 heterocycles. The molecule has 0 radical (unpaired) electrons. The van der Waals surface area contributed by atoms with Crippen LogP contribution in [0.3, 0.4) is 0 Å². The summed E-state index contributed by atoms with van der Waals surface area (Å²) >= 11 is 0. The van der Waals surface area contributed by atoms with Gasteiger partial charge in [0.15, 0.2) is 0 Å². The molecular formula is C13H18FNO. The van der Waals surface area contributed by atoms with Crippen molar-refractivity contribution >= 4 is 0 Å². The van der Waals surface area contributed by atoms with Gasteiger partial charge in [0.25, 0.3) is 0 Å². The molecule has 88 valence electrons. The first-order valence-electron chi connectivity index (χ1n) is 5.71. The van der Waals surface area contributed by atoms with Crippen molar-refractivity contribution < 1.29 is 9.13 Å². The summed E-state index contributed by atoms with van der Waals surface area (Å²) in [4.78, 5) is 0. The maximum absolute atomic E-state index is 14.7. The molecule has 2 nitrogen and oxygen atoms in total. The first kappa shape index (κ1) is 11.4. The first-order valence-corrected chi connectivity index (χ1v) is 5.71. The fourth-order valence-electron chi connectivity index (χ4n) is 2.27. The van der Waals surface area contributed by atoms with Crippen LogP contribution in [0.2, 0.25) is 0 Å². The van der Waals surface area contributed by atoms with Gasteiger partial charge in [-0.05, 0) is 44.0 Å². The molecule has 0 bridgehead atoms. The Morgan fingerprint density at radius 1 is 1.38 bits per heavy atom. The number of methoxy groups -OCH3 is 1. The van der Waals surface area contributed by atoms with Crippen LogP contribution in [0.5, 0.6) is 5.75 Å². The monoisotopic (exact) mass is 223 g/mol. The molecule has 16 heavy (non-hydrogen) atoms. The smallest absolute Gasteiger partial charge is 0.148 e. The van der Waals surface area contributed by atoms with Crippen LogP contribution in [0.25, 0.3) is 0 Å². The minimum Gasteiger partial charge on any atom is -0.497 e. The highest BCUT2D eigenvalue weighted by Gasteiger charge is 2.37. The highest BCUT2D eigenvalue weighted by Crippen LogP contribution is 2.34. The van der Waals surface area contributed by atoms with E-state index in [-0.39, 0.29) is 6.04 Å². The van der Waals surface area contributed by atoms with Crippen molar-refractivity contribution in [2.75, 3.05) is 13.7 Å². The largest absolute Gasteiger partial charge is 0.497 e. The molecule has 2 atom stereocenters. The van der Waals surface area contributed by atoms with Crippen LogP contribution >= 0.6 is 0 Å². The van der Waals surface area contributed by atoms with Gasteiger partial charge in [-0.3, -0.25) is 0 Å². The SMILES string of the molecule is COc1ccc(C(C)(F)C2CCCN2)cc1. The summed E-state index contributed by atoms with van der Waals surface area (Å²) in [6, 6.07) is 7.16. The van der Waals surface area contributed by atoms with E-state index in [1.165, 1.54) is 0 Å². The Hall–Kier alpha value is -1.09. The molecular weight excluding hydrogens is 205 g/mol. The predicted molar refractivity (Wildman–Crippen MR) is 62.5 cm³/mol. The average molecular weight is 223 g/mol. The number of halogens is 1. The molecule has 1 aliphatic rings. The van der Waals surface area contributed by atoms with E-state index in [0.29, 0.717) is 5.56 Å². The lowest BCUT2D eigenvalue weighted by Crippen LogP contribution is -2.39. The zero-order valence-electron chi connectivity index (χ0n) is 9.79. The fraction of sp³-hybridized carbons (Fsp3) is 0.538. The highest BCUT2D eigenvalue weighted by atomic mass is 19.1. The quantitative estimate of drug-likeness (QED) is 0.850. The number of alkyl halides is 1. The van der Waals surface area contributed by atoms with Crippen molar-refractivity contribution in [3.8, 4) is 5.75 Å². The van der Waals surface area contributed by atoms with Crippen molar-refractivity contribution in [3.63, 3.8) is 0 Å². The van der Waals surface area contributed by atoms with Crippen LogP contribution in [-0.2, 0) is 5.67 Å². The Bertz CT molecular complexity index is 341. The molecule has 1 aromatic carbocycles. The van der Waals surface area contributed by atoms with E-state index in [2.05, 4.69) is 5.32 Å². The van der Waals surface area contributed by atoms with Crippen molar-refractivity contribution in [1.29, 1.82) is 0 Å². The lowest BCUT2D eigenvalue weighted by molar-refractivity contribution is 0.137. The normalized spacial score (nSPS) is 24.1. The average Bonchev–Trinajstić information content (AvgIpc) is 2.83. The molecule has 1 fully saturated rings. The minimum atomic E-state index is -1.30. The van der Waals surface area contributed by atoms with Crippen LogP contribution in [-0.4, -0.2) is 19.7 Å². The van der Waals surface area contributed by atoms with E-state index in [9.17, 15) is 4.39 Å². The Labute approximate surface area is 95.8 Å². The van der Waals surface area contributed by atoms with Gasteiger partial charge in [-0.1, -0.05) is 12.1 Å². The molecule has 2 unspecified atom stereocenters. The highest BCUT2D eigenvalue weighted by molar-refractivity contribution is 5.31. The van der Waals surface area contributed by atoms with Crippen molar-refractivity contribution in [3.05, 3.63) is 29.8 Å². The second-order valence-electron chi connectivity index (χ2n) is 4.45. The lowest BCUT2D eigenvalue weighted by Gasteiger charge is -2.28. The van der Waals surface area contributed by atoms with Crippen LogP contribution < -0.4 is 10.1 Å². The summed E-state index contributed by atoms with van der Waals surface area (Å²) in [6.07, 6.45) is 1.96. The summed E-state index contributed by atoms with van der Waals surface area (Å²) in [5, 5.41) is 3.22. The number of ether oxygens (including phenoxy) is 1. The van der Waals surface area contributed by atoms with Gasteiger partial charge in [-0.15, -0.1) is 0 Å². The van der Waals surface area contributed by atoms with E-state index >= 15 is 0 Å². The standard InChI is InChI=1S/C13H18FNO/c1-13(14,12-4-3-9-15-12)10-5-7-11(16-2)8-6-10/h5-8,12,15H,3-4,9H2,1-2H3. The van der Waals surface area contributed by atoms with Gasteiger partial charge in [0.2, 0.25) is 0 Å². The molecule has 1 N–H and O–H groups in total. The topological polar surface area (TPSA) is 21.3 Å². The third-order valence-electron chi connectivity index (χ3n) is 3.37. The van der Waals surface area contributed by atoms with Crippen LogP contribution in [0.4, 0.5) is 4.39 Å². The van der Waals surface area contributed by atoms with Crippen LogP contribution in [0, 0.1) is 0 Å². The molecule has 1 saturated heterocycles. The number of hydrogen-bond acceptors (Lipinski definition) is 2. The maximum atomic E-state index is 14.7. The molecule has 0 aliphatic carbocycles. The van der Waals surface area contributed by atoms with Gasteiger partial charge in [-0.25, -0.2) is 4.39 Å². The third kappa shape index (κ3) is 2.05. The van der Waals surface area contributed by atoms with Crippen molar-refractivity contribution in [2.24, 2.45) is 0 Å². The van der Waals surface area contributed by atoms with E-state index in [1.807, 2.05) is 12.1 Å². The van der Waals surface area contributed by atoms with Gasteiger partial charge in [0.1, 0.15) is 11.4 Å². The zero-order chi connectivity index (χ0) is 11.6. The molecule has 0 saturated carbocycles. The lowest BCUT2D eigenvalue weighted by atomic mass is 9.89. The van der Waals surface area contributed by atoms with E-state index in [1.54, 1.807) is 26.2 Å². The maximum Gasteiger partial charge on any atom is 0.148 e. The van der Waals surface area contributed by atoms with Crippen molar-refractivity contribution in [1.82, 2.24) is 5.32 Å². The molecule has 2 rings (SSSR count). The summed E-state index contributed by atoms with van der Waals surface area (Å²) in [5.74, 6) is 0.763. The number of benzene rings is 1. The van der Waals surface area contributed by atoms with Crippen molar-refractivity contribution in [2.45, 2.75) is 31.5 Å². The summed E-state index contributed by atoms with van der Waals surface area (Å²) in [7, 11) is 1.61. The van der Waals surface area contributed by atoms with Gasteiger partial charge >= 0.3 is 0 Å². The van der Waals surface area contributed by atoms with E-state index in [4.69, 9.17) is 4.74 Å². The summed E-state index contributed by atoms with van der Waals surface area (Å²) in [5.41, 5.74) is -0.587. The molecule has 1 aliphatic heterocycles. The molecule has 1 aromatic rings. The number of hydrogen-bond donors (Lipinski definition) is 1. The fourth-order valence-corrected chi connectivity index (χ4v) is 2.27. The number of rotatable bonds is 3. The number of nitrogens with one attached hydrogen (secondary N) is 1. The van der Waals surface area contributed by atoms with Gasteiger partial charge in [0, 0.05) is 6.04 Å². The summed E-state index contributed by atoms with van der Waals surface area (Å²) in [6.45, 7) is 2.57. The van der Waals surface area contributed by atoms with Gasteiger partial charge in [0.05, 0.1) is 7.11 Å². The Morgan fingerprint density at radius 3 is 2.56 bits per heavy atom. The summed E-state index contributed by atoms with van der Waals surface area (Å²) < 4.78 is 19.7. The van der Waals surface area contributed by atoms with E-state index < -0.39 is 5.67 Å². The van der Waals surface area contributed by atoms with Crippen LogP contribution in [0.15, 0.2) is 24.3 Å². The second kappa shape index (κ2) is 4.42. The second-order valence-corrected chi connectivity index (χ2v) is 4.45. The van der Waals surface area contributed by atoms with Gasteiger partial charge in [-0.2, -0.15) is 0 Å². The Balaban J connectivity index is 2.20. The predicted octanol–water partition coefficient (Wildman–Crippen LogP) is 2.63. The zero-order valence-corrected chi connectivity index (χ0v) is 9.79. The third-order valence-corrected chi connectivity index (χ3v) is 3.37. The Morgan fingerprint density at radius 2 is 2.06 bits per heavy atom. The molecule has 3 heteroatoms. The molecule has 0 amide bonds. The first-order chi connectivity index (χ1) is 7.64. The molecule has 0 spiro atoms. The Kier molecular flexibility index (Phi) is 3.15. The van der Waals surface area contributed by atoms with Gasteiger partial charge < -0.3 is 10.1 Å². The van der Waals surface area contributed by atoms with Crippen LogP contribution in [0.1, 0.15) is 25.3 Å².